The number of thiophene rings is 1. The van der Waals surface area contributed by atoms with Crippen molar-refractivity contribution < 1.29 is 0 Å². The predicted molar refractivity (Wildman–Crippen MR) is 292 cm³/mol. The van der Waals surface area contributed by atoms with Gasteiger partial charge in [-0.2, -0.15) is 0 Å². The van der Waals surface area contributed by atoms with Gasteiger partial charge in [0.1, 0.15) is 0 Å². The fraction of sp³-hybridized carbons (Fsp3) is 0.0294. The van der Waals surface area contributed by atoms with Gasteiger partial charge in [-0.25, -0.2) is 0 Å². The molecule has 0 radical (unpaired) electrons. The molecule has 0 aliphatic heterocycles. The summed E-state index contributed by atoms with van der Waals surface area (Å²) in [5, 5.41) is 2.63. The van der Waals surface area contributed by atoms with Crippen molar-refractivity contribution in [1.29, 1.82) is 0 Å². The van der Waals surface area contributed by atoms with Crippen LogP contribution in [0, 0.1) is 0 Å². The highest BCUT2D eigenvalue weighted by atomic mass is 32.1. The summed E-state index contributed by atoms with van der Waals surface area (Å²) in [7, 11) is 0. The summed E-state index contributed by atoms with van der Waals surface area (Å²) in [6, 6.07) is 94.2. The van der Waals surface area contributed by atoms with Crippen LogP contribution in [0.2, 0.25) is 0 Å². The number of hydrogen-bond donors (Lipinski definition) is 0. The normalized spacial score (nSPS) is 14.2. The summed E-state index contributed by atoms with van der Waals surface area (Å²) >= 11 is 1.89. The molecule has 4 aliphatic carbocycles. The summed E-state index contributed by atoms with van der Waals surface area (Å²) < 4.78 is 2.65. The average Bonchev–Trinajstić information content (AvgIpc) is 4.21. The minimum Gasteiger partial charge on any atom is -0.309 e. The van der Waals surface area contributed by atoms with Crippen molar-refractivity contribution in [1.82, 2.24) is 0 Å². The molecule has 1 aromatic heterocycles. The second-order valence-electron chi connectivity index (χ2n) is 19.3. The number of rotatable bonds is 4. The van der Waals surface area contributed by atoms with E-state index in [1.165, 1.54) is 132 Å². The second-order valence-corrected chi connectivity index (χ2v) is 20.4. The summed E-state index contributed by atoms with van der Waals surface area (Å²) in [6.07, 6.45) is 0. The van der Waals surface area contributed by atoms with Gasteiger partial charge in [-0.15, -0.1) is 11.3 Å². The highest BCUT2D eigenvalue weighted by Crippen LogP contribution is 2.67. The summed E-state index contributed by atoms with van der Waals surface area (Å²) in [6.45, 7) is 0. The standard InChI is InChI=1S/C68H41NS/c1-8-27-53-45(18-1)46-19-2-9-28-54(46)67(53)57-31-12-5-23-51(57)64-59(67)33-16-35-61(64)69(43-40-38-42(39-41-43)44-25-15-26-50-49-22-7-14-37-63(49)70-66(44)50)62-36-17-34-60-65(62)52-24-6-13-32-58(52)68(60)55-29-10-3-20-47(55)48-21-4-11-30-56(48)68/h1-41H. The van der Waals surface area contributed by atoms with Crippen LogP contribution >= 0.6 is 11.3 Å². The van der Waals surface area contributed by atoms with E-state index in [-0.39, 0.29) is 0 Å². The molecular weight excluding hydrogens is 863 g/mol. The van der Waals surface area contributed by atoms with Crippen LogP contribution in [0.3, 0.4) is 0 Å². The Bertz CT molecular complexity index is 3920. The maximum Gasteiger partial charge on any atom is 0.0726 e. The SMILES string of the molecule is c1ccc2c(c1)-c1ccccc1C21c2ccccc2-c2c(N(c3ccc(-c4cccc5c4sc4ccccc45)cc3)c3cccc4c3-c3ccccc3C43c4ccccc4-c4ccccc43)cccc21. The predicted octanol–water partition coefficient (Wildman–Crippen LogP) is 17.9. The van der Waals surface area contributed by atoms with Crippen LogP contribution in [-0.2, 0) is 10.8 Å². The molecule has 0 N–H and O–H groups in total. The Morgan fingerprint density at radius 1 is 0.271 bits per heavy atom. The van der Waals surface area contributed by atoms with E-state index in [1.807, 2.05) is 11.3 Å². The smallest absolute Gasteiger partial charge is 0.0726 e. The highest BCUT2D eigenvalue weighted by molar-refractivity contribution is 7.26. The highest BCUT2D eigenvalue weighted by Gasteiger charge is 2.54. The quantitative estimate of drug-likeness (QED) is 0.170. The van der Waals surface area contributed by atoms with Crippen LogP contribution in [0.15, 0.2) is 249 Å². The third-order valence-electron chi connectivity index (χ3n) is 16.3. The number of nitrogens with zero attached hydrogens (tertiary/aromatic N) is 1. The van der Waals surface area contributed by atoms with Gasteiger partial charge < -0.3 is 4.90 Å². The summed E-state index contributed by atoms with van der Waals surface area (Å²) in [4.78, 5) is 2.60. The molecule has 0 bridgehead atoms. The Balaban J connectivity index is 0.989. The lowest BCUT2D eigenvalue weighted by atomic mass is 9.70. The van der Waals surface area contributed by atoms with E-state index in [9.17, 15) is 0 Å². The molecular formula is C68H41NS. The first-order chi connectivity index (χ1) is 34.8. The fourth-order valence-corrected chi connectivity index (χ4v) is 15.0. The van der Waals surface area contributed by atoms with Crippen molar-refractivity contribution in [3.63, 3.8) is 0 Å². The number of fused-ring (bicyclic) bond motifs is 23. The van der Waals surface area contributed by atoms with E-state index in [0.717, 1.165) is 5.69 Å². The van der Waals surface area contributed by atoms with Crippen molar-refractivity contribution in [3.8, 4) is 55.6 Å². The van der Waals surface area contributed by atoms with E-state index in [4.69, 9.17) is 0 Å². The number of hydrogen-bond acceptors (Lipinski definition) is 2. The summed E-state index contributed by atoms with van der Waals surface area (Å²) in [5.41, 5.74) is 26.1. The molecule has 11 aromatic carbocycles. The van der Waals surface area contributed by atoms with Crippen LogP contribution in [0.4, 0.5) is 17.1 Å². The Morgan fingerprint density at radius 2 is 0.629 bits per heavy atom. The van der Waals surface area contributed by atoms with Gasteiger partial charge in [-0.3, -0.25) is 0 Å². The van der Waals surface area contributed by atoms with Crippen LogP contribution in [0.1, 0.15) is 44.5 Å². The van der Waals surface area contributed by atoms with Gasteiger partial charge in [0.15, 0.2) is 0 Å². The molecule has 1 nitrogen and oxygen atoms in total. The number of anilines is 3. The second kappa shape index (κ2) is 14.0. The van der Waals surface area contributed by atoms with Crippen molar-refractivity contribution >= 4 is 48.6 Å². The van der Waals surface area contributed by atoms with Gasteiger partial charge in [0.05, 0.1) is 22.2 Å². The van der Waals surface area contributed by atoms with E-state index in [2.05, 4.69) is 254 Å². The van der Waals surface area contributed by atoms with Crippen molar-refractivity contribution in [2.75, 3.05) is 4.90 Å². The lowest BCUT2D eigenvalue weighted by Crippen LogP contribution is -2.26. The maximum absolute atomic E-state index is 2.60. The monoisotopic (exact) mass is 903 g/mol. The van der Waals surface area contributed by atoms with E-state index in [0.29, 0.717) is 0 Å². The topological polar surface area (TPSA) is 3.24 Å². The van der Waals surface area contributed by atoms with Crippen LogP contribution in [-0.4, -0.2) is 0 Å². The zero-order valence-corrected chi connectivity index (χ0v) is 38.8. The van der Waals surface area contributed by atoms with Gasteiger partial charge in [0.25, 0.3) is 0 Å². The maximum atomic E-state index is 2.60. The summed E-state index contributed by atoms with van der Waals surface area (Å²) in [5.74, 6) is 0. The molecule has 2 spiro atoms. The molecule has 16 rings (SSSR count). The van der Waals surface area contributed by atoms with E-state index >= 15 is 0 Å². The van der Waals surface area contributed by atoms with Crippen molar-refractivity contribution in [3.05, 3.63) is 293 Å². The molecule has 0 unspecified atom stereocenters. The van der Waals surface area contributed by atoms with Crippen molar-refractivity contribution in [2.24, 2.45) is 0 Å². The Labute approximate surface area is 410 Å². The molecule has 12 aromatic rings. The Kier molecular flexibility index (Phi) is 7.69. The molecule has 70 heavy (non-hydrogen) atoms. The first kappa shape index (κ1) is 38.4. The minimum atomic E-state index is -0.472. The molecule has 1 heterocycles. The molecule has 0 fully saturated rings. The minimum absolute atomic E-state index is 0.472. The van der Waals surface area contributed by atoms with Gasteiger partial charge in [-0.1, -0.05) is 218 Å². The fourth-order valence-electron chi connectivity index (χ4n) is 13.8. The average molecular weight is 904 g/mol. The lowest BCUT2D eigenvalue weighted by Gasteiger charge is -2.33. The van der Waals surface area contributed by atoms with Gasteiger partial charge in [-0.05, 0) is 119 Å². The third-order valence-corrected chi connectivity index (χ3v) is 17.5. The Hall–Kier alpha value is -8.56. The molecule has 4 aliphatic rings. The van der Waals surface area contributed by atoms with Crippen LogP contribution in [0.5, 0.6) is 0 Å². The third kappa shape index (κ3) is 4.67. The van der Waals surface area contributed by atoms with E-state index in [1.54, 1.807) is 0 Å². The van der Waals surface area contributed by atoms with E-state index < -0.39 is 10.8 Å². The first-order valence-corrected chi connectivity index (χ1v) is 25.2. The first-order valence-electron chi connectivity index (χ1n) is 24.4. The van der Waals surface area contributed by atoms with Crippen molar-refractivity contribution in [2.45, 2.75) is 10.8 Å². The molecule has 324 valence electrons. The number of benzene rings is 11. The molecule has 0 saturated heterocycles. The largest absolute Gasteiger partial charge is 0.309 e. The Morgan fingerprint density at radius 3 is 1.11 bits per heavy atom. The molecule has 0 atom stereocenters. The lowest BCUT2D eigenvalue weighted by molar-refractivity contribution is 0.793. The van der Waals surface area contributed by atoms with Crippen LogP contribution in [0.25, 0.3) is 75.8 Å². The molecule has 0 amide bonds. The van der Waals surface area contributed by atoms with Gasteiger partial charge in [0, 0.05) is 37.0 Å². The van der Waals surface area contributed by atoms with Gasteiger partial charge in [0.2, 0.25) is 0 Å². The van der Waals surface area contributed by atoms with Crippen LogP contribution < -0.4 is 4.90 Å². The zero-order chi connectivity index (χ0) is 45.7. The van der Waals surface area contributed by atoms with Gasteiger partial charge >= 0.3 is 0 Å². The molecule has 0 saturated carbocycles. The molecule has 2 heteroatoms. The zero-order valence-electron chi connectivity index (χ0n) is 38.0.